The van der Waals surface area contributed by atoms with Crippen LogP contribution in [0.1, 0.15) is 11.1 Å². The van der Waals surface area contributed by atoms with Gasteiger partial charge in [-0.25, -0.2) is 4.99 Å². The molecule has 1 aliphatic rings. The van der Waals surface area contributed by atoms with E-state index in [0.29, 0.717) is 30.1 Å². The summed E-state index contributed by atoms with van der Waals surface area (Å²) < 4.78 is 5.79. The number of amides is 1. The quantitative estimate of drug-likeness (QED) is 0.466. The molecule has 2 aromatic rings. The highest BCUT2D eigenvalue weighted by Crippen LogP contribution is 2.35. The summed E-state index contributed by atoms with van der Waals surface area (Å²) >= 11 is 9.37. The highest BCUT2D eigenvalue weighted by molar-refractivity contribution is 14.1. The van der Waals surface area contributed by atoms with Crippen LogP contribution in [-0.4, -0.2) is 23.3 Å². The Labute approximate surface area is 173 Å². The van der Waals surface area contributed by atoms with Gasteiger partial charge in [0.1, 0.15) is 0 Å². The average Bonchev–Trinajstić information content (AvgIpc) is 2.93. The number of nitrogens with one attached hydrogen (secondary N) is 1. The van der Waals surface area contributed by atoms with Gasteiger partial charge in [0.25, 0.3) is 5.91 Å². The highest BCUT2D eigenvalue weighted by Gasteiger charge is 2.24. The number of phenolic OH excluding ortho intramolecular Hbond substituents is 1. The van der Waals surface area contributed by atoms with E-state index in [1.54, 1.807) is 24.3 Å². The number of aromatic hydroxyl groups is 1. The van der Waals surface area contributed by atoms with Crippen molar-refractivity contribution in [3.05, 3.63) is 55.0 Å². The molecule has 0 bridgehead atoms. The van der Waals surface area contributed by atoms with Crippen molar-refractivity contribution in [3.8, 4) is 11.5 Å². The van der Waals surface area contributed by atoms with Crippen molar-refractivity contribution in [2.75, 3.05) is 7.11 Å². The second-order valence-corrected chi connectivity index (χ2v) is 8.07. The Kier molecular flexibility index (Phi) is 5.79. The minimum Gasteiger partial charge on any atom is -0.504 e. The van der Waals surface area contributed by atoms with E-state index in [0.717, 1.165) is 11.1 Å². The molecule has 1 fully saturated rings. The zero-order valence-electron chi connectivity index (χ0n) is 13.8. The minimum atomic E-state index is -0.228. The number of benzene rings is 2. The lowest BCUT2D eigenvalue weighted by Crippen LogP contribution is -2.19. The van der Waals surface area contributed by atoms with E-state index in [4.69, 9.17) is 16.3 Å². The maximum Gasteiger partial charge on any atom is 0.264 e. The molecule has 0 atom stereocenters. The molecule has 2 aromatic carbocycles. The number of methoxy groups -OCH3 is 1. The van der Waals surface area contributed by atoms with Crippen LogP contribution in [-0.2, 0) is 4.79 Å². The number of halogens is 2. The van der Waals surface area contributed by atoms with Gasteiger partial charge in [-0.05, 0) is 82.7 Å². The summed E-state index contributed by atoms with van der Waals surface area (Å²) in [5.74, 6) is 0.210. The molecule has 3 rings (SSSR count). The molecule has 0 aromatic heterocycles. The molecular weight excluding hydrogens is 487 g/mol. The van der Waals surface area contributed by atoms with E-state index in [2.05, 4.69) is 10.3 Å². The Morgan fingerprint density at radius 3 is 2.81 bits per heavy atom. The predicted molar refractivity (Wildman–Crippen MR) is 114 cm³/mol. The van der Waals surface area contributed by atoms with Crippen LogP contribution in [0.2, 0.25) is 5.02 Å². The van der Waals surface area contributed by atoms with Gasteiger partial charge in [0.15, 0.2) is 16.7 Å². The number of aryl methyl sites for hydroxylation is 1. The number of phenols is 1. The molecule has 0 saturated carbocycles. The highest BCUT2D eigenvalue weighted by atomic mass is 127. The third kappa shape index (κ3) is 4.16. The van der Waals surface area contributed by atoms with Crippen LogP contribution in [0.15, 0.2) is 40.2 Å². The number of rotatable bonds is 3. The molecule has 1 saturated heterocycles. The van der Waals surface area contributed by atoms with Crippen molar-refractivity contribution in [1.29, 1.82) is 0 Å². The topological polar surface area (TPSA) is 70.9 Å². The first-order chi connectivity index (χ1) is 12.4. The summed E-state index contributed by atoms with van der Waals surface area (Å²) in [5, 5.41) is 13.8. The second kappa shape index (κ2) is 7.89. The number of ether oxygens (including phenoxy) is 1. The summed E-state index contributed by atoms with van der Waals surface area (Å²) in [4.78, 5) is 17.1. The lowest BCUT2D eigenvalue weighted by atomic mass is 10.2. The fraction of sp³-hybridized carbons (Fsp3) is 0.111. The molecule has 0 unspecified atom stereocenters. The Hall–Kier alpha value is -1.71. The van der Waals surface area contributed by atoms with Crippen molar-refractivity contribution < 1.29 is 14.6 Å². The lowest BCUT2D eigenvalue weighted by molar-refractivity contribution is -0.115. The number of thioether (sulfide) groups is 1. The van der Waals surface area contributed by atoms with E-state index in [9.17, 15) is 9.90 Å². The number of carbonyl (C=O) groups excluding carboxylic acids is 1. The van der Waals surface area contributed by atoms with Crippen LogP contribution in [0.4, 0.5) is 5.69 Å². The van der Waals surface area contributed by atoms with Gasteiger partial charge in [0.2, 0.25) is 0 Å². The smallest absolute Gasteiger partial charge is 0.264 e. The molecule has 2 N–H and O–H groups in total. The molecule has 5 nitrogen and oxygen atoms in total. The van der Waals surface area contributed by atoms with E-state index in [1.165, 1.54) is 18.9 Å². The van der Waals surface area contributed by atoms with Crippen molar-refractivity contribution in [1.82, 2.24) is 5.32 Å². The van der Waals surface area contributed by atoms with E-state index in [1.807, 2.05) is 41.6 Å². The Morgan fingerprint density at radius 2 is 2.12 bits per heavy atom. The van der Waals surface area contributed by atoms with Gasteiger partial charge in [0, 0.05) is 5.02 Å². The first-order valence-electron chi connectivity index (χ1n) is 7.49. The normalized spacial score (nSPS) is 17.0. The SMILES string of the molecule is COc1cc(/C=C2\SC(=Nc3ccc(C)c(Cl)c3)NC2=O)cc(I)c1O. The van der Waals surface area contributed by atoms with Gasteiger partial charge in [-0.1, -0.05) is 17.7 Å². The minimum absolute atomic E-state index is 0.0808. The maximum atomic E-state index is 12.2. The number of nitrogens with zero attached hydrogens (tertiary/aromatic N) is 1. The molecular formula is C18H14ClIN2O3S. The van der Waals surface area contributed by atoms with Gasteiger partial charge in [-0.3, -0.25) is 4.79 Å². The molecule has 134 valence electrons. The molecule has 0 radical (unpaired) electrons. The molecule has 1 aliphatic heterocycles. The molecule has 0 spiro atoms. The number of aliphatic imine (C=N–C) groups is 1. The standard InChI is InChI=1S/C18H14ClIN2O3S/c1-9-3-4-11(8-12(9)19)21-18-22-17(24)15(26-18)7-10-5-13(20)16(23)14(6-10)25-2/h3-8,23H,1-2H3,(H,21,22,24)/b15-7-. The zero-order chi connectivity index (χ0) is 18.8. The first-order valence-corrected chi connectivity index (χ1v) is 9.77. The predicted octanol–water partition coefficient (Wildman–Crippen LogP) is 4.86. The summed E-state index contributed by atoms with van der Waals surface area (Å²) in [6.07, 6.45) is 1.73. The van der Waals surface area contributed by atoms with Crippen molar-refractivity contribution in [3.63, 3.8) is 0 Å². The van der Waals surface area contributed by atoms with Gasteiger partial charge in [-0.15, -0.1) is 0 Å². The molecule has 26 heavy (non-hydrogen) atoms. The monoisotopic (exact) mass is 500 g/mol. The van der Waals surface area contributed by atoms with Crippen LogP contribution in [0.3, 0.4) is 0 Å². The van der Waals surface area contributed by atoms with Gasteiger partial charge in [0.05, 0.1) is 21.3 Å². The lowest BCUT2D eigenvalue weighted by Gasteiger charge is -2.06. The third-order valence-corrected chi connectivity index (χ3v) is 5.74. The van der Waals surface area contributed by atoms with Crippen LogP contribution >= 0.6 is 46.0 Å². The molecule has 0 aliphatic carbocycles. The van der Waals surface area contributed by atoms with Crippen molar-refractivity contribution >= 4 is 68.8 Å². The third-order valence-electron chi connectivity index (χ3n) is 3.61. The molecule has 1 amide bonds. The van der Waals surface area contributed by atoms with Crippen LogP contribution in [0.5, 0.6) is 11.5 Å². The summed E-state index contributed by atoms with van der Waals surface area (Å²) in [6.45, 7) is 1.92. The number of carbonyl (C=O) groups is 1. The van der Waals surface area contributed by atoms with Crippen molar-refractivity contribution in [2.45, 2.75) is 6.92 Å². The van der Waals surface area contributed by atoms with E-state index < -0.39 is 0 Å². The summed E-state index contributed by atoms with van der Waals surface area (Å²) in [5.41, 5.74) is 2.39. The fourth-order valence-electron chi connectivity index (χ4n) is 2.23. The first kappa shape index (κ1) is 19.1. The fourth-order valence-corrected chi connectivity index (χ4v) is 3.88. The number of hydrogen-bond donors (Lipinski definition) is 2. The van der Waals surface area contributed by atoms with E-state index >= 15 is 0 Å². The van der Waals surface area contributed by atoms with Gasteiger partial charge >= 0.3 is 0 Å². The largest absolute Gasteiger partial charge is 0.504 e. The molecule has 1 heterocycles. The Morgan fingerprint density at radius 1 is 1.35 bits per heavy atom. The van der Waals surface area contributed by atoms with Crippen LogP contribution < -0.4 is 10.1 Å². The van der Waals surface area contributed by atoms with Crippen LogP contribution in [0, 0.1) is 10.5 Å². The number of hydrogen-bond acceptors (Lipinski definition) is 5. The van der Waals surface area contributed by atoms with Gasteiger partial charge < -0.3 is 15.2 Å². The van der Waals surface area contributed by atoms with Crippen molar-refractivity contribution in [2.24, 2.45) is 4.99 Å². The van der Waals surface area contributed by atoms with Gasteiger partial charge in [-0.2, -0.15) is 0 Å². The Bertz CT molecular complexity index is 960. The Balaban J connectivity index is 1.88. The summed E-state index contributed by atoms with van der Waals surface area (Å²) in [7, 11) is 1.48. The summed E-state index contributed by atoms with van der Waals surface area (Å²) in [6, 6.07) is 8.92. The van der Waals surface area contributed by atoms with Crippen LogP contribution in [0.25, 0.3) is 6.08 Å². The average molecular weight is 501 g/mol. The number of amidine groups is 1. The maximum absolute atomic E-state index is 12.2. The zero-order valence-corrected chi connectivity index (χ0v) is 17.6. The van der Waals surface area contributed by atoms with E-state index in [-0.39, 0.29) is 11.7 Å². The second-order valence-electron chi connectivity index (χ2n) is 5.47. The molecule has 8 heteroatoms.